The zero-order valence-corrected chi connectivity index (χ0v) is 47.1. The maximum Gasteiger partial charge on any atom is 0.305 e. The number of nitrogens with one attached hydrogen (secondary N) is 1. The average Bonchev–Trinajstić information content (AvgIpc) is 3.35. The Morgan fingerprint density at radius 2 is 0.594 bits per heavy atom. The van der Waals surface area contributed by atoms with Gasteiger partial charge >= 0.3 is 5.97 Å². The van der Waals surface area contributed by atoms with Crippen LogP contribution >= 0.6 is 0 Å². The monoisotopic (exact) mass is 976 g/mol. The molecule has 0 saturated heterocycles. The molecule has 6 heteroatoms. The lowest BCUT2D eigenvalue weighted by atomic mass is 10.0. The highest BCUT2D eigenvalue weighted by Crippen LogP contribution is 2.19. The van der Waals surface area contributed by atoms with Crippen molar-refractivity contribution in [3.8, 4) is 0 Å². The van der Waals surface area contributed by atoms with Gasteiger partial charge in [0.25, 0.3) is 0 Å². The van der Waals surface area contributed by atoms with Gasteiger partial charge < -0.3 is 20.3 Å². The number of carbonyl (C=O) groups is 2. The van der Waals surface area contributed by atoms with E-state index in [0.29, 0.717) is 25.9 Å². The van der Waals surface area contributed by atoms with Gasteiger partial charge in [0.05, 0.1) is 25.4 Å². The van der Waals surface area contributed by atoms with Gasteiger partial charge in [-0.3, -0.25) is 9.59 Å². The van der Waals surface area contributed by atoms with E-state index >= 15 is 0 Å². The first kappa shape index (κ1) is 67.9. The molecule has 0 aliphatic heterocycles. The fourth-order valence-electron chi connectivity index (χ4n) is 10.3. The highest BCUT2D eigenvalue weighted by atomic mass is 16.5. The van der Waals surface area contributed by atoms with Crippen LogP contribution in [0, 0.1) is 0 Å². The van der Waals surface area contributed by atoms with Gasteiger partial charge in [0, 0.05) is 12.8 Å². The van der Waals surface area contributed by atoms with Crippen molar-refractivity contribution in [2.75, 3.05) is 13.2 Å². The molecule has 0 aromatic carbocycles. The summed E-state index contributed by atoms with van der Waals surface area (Å²) in [5.41, 5.74) is 0. The number of carbonyl (C=O) groups excluding carboxylic acids is 2. The van der Waals surface area contributed by atoms with E-state index in [1.54, 1.807) is 0 Å². The zero-order valence-electron chi connectivity index (χ0n) is 47.1. The number of rotatable bonds is 60. The Hall–Kier alpha value is -1.14. The number of aliphatic hydroxyl groups is 2. The van der Waals surface area contributed by atoms with Gasteiger partial charge in [-0.25, -0.2) is 0 Å². The predicted octanol–water partition coefficient (Wildman–Crippen LogP) is 19.9. The first-order chi connectivity index (χ1) is 34.0. The molecule has 0 spiro atoms. The maximum absolute atomic E-state index is 12.5. The van der Waals surface area contributed by atoms with Gasteiger partial charge in [-0.05, 0) is 25.7 Å². The Balaban J connectivity index is 3.41. The molecule has 0 fully saturated rings. The summed E-state index contributed by atoms with van der Waals surface area (Å²) in [6.45, 7) is 4.97. The van der Waals surface area contributed by atoms with Crippen LogP contribution in [-0.4, -0.2) is 47.4 Å². The van der Waals surface area contributed by atoms with Crippen LogP contribution in [0.4, 0.5) is 0 Å². The van der Waals surface area contributed by atoms with Crippen LogP contribution in [0.1, 0.15) is 367 Å². The second-order valence-corrected chi connectivity index (χ2v) is 22.1. The molecule has 0 rings (SSSR count). The molecule has 3 N–H and O–H groups in total. The largest absolute Gasteiger partial charge is 0.466 e. The van der Waals surface area contributed by atoms with Crippen LogP contribution in [-0.2, 0) is 14.3 Å². The molecule has 2 unspecified atom stereocenters. The lowest BCUT2D eigenvalue weighted by molar-refractivity contribution is -0.143. The molecule has 0 aliphatic rings. The molecular weight excluding hydrogens is 851 g/mol. The summed E-state index contributed by atoms with van der Waals surface area (Å²) >= 11 is 0. The Morgan fingerprint density at radius 3 is 0.884 bits per heavy atom. The molecule has 0 radical (unpaired) electrons. The highest BCUT2D eigenvalue weighted by molar-refractivity contribution is 5.76. The number of hydrogen-bond donors (Lipinski definition) is 3. The van der Waals surface area contributed by atoms with Gasteiger partial charge in [0.15, 0.2) is 0 Å². The van der Waals surface area contributed by atoms with Crippen molar-refractivity contribution < 1.29 is 24.5 Å². The quantitative estimate of drug-likeness (QED) is 0.0417. The minimum atomic E-state index is -0.671. The third-order valence-electron chi connectivity index (χ3n) is 15.2. The molecule has 2 atom stereocenters. The van der Waals surface area contributed by atoms with Crippen molar-refractivity contribution in [3.05, 3.63) is 0 Å². The summed E-state index contributed by atoms with van der Waals surface area (Å²) in [5, 5.41) is 23.4. The summed E-state index contributed by atoms with van der Waals surface area (Å²) < 4.78 is 5.48. The zero-order chi connectivity index (χ0) is 50.0. The van der Waals surface area contributed by atoms with E-state index in [9.17, 15) is 19.8 Å². The van der Waals surface area contributed by atoms with E-state index in [-0.39, 0.29) is 18.5 Å². The normalized spacial score (nSPS) is 12.5. The molecule has 0 aromatic rings. The third kappa shape index (κ3) is 56.0. The van der Waals surface area contributed by atoms with Crippen molar-refractivity contribution >= 4 is 11.9 Å². The van der Waals surface area contributed by atoms with Crippen molar-refractivity contribution in [3.63, 3.8) is 0 Å². The maximum atomic E-state index is 12.5. The number of esters is 1. The Kier molecular flexibility index (Phi) is 58.4. The number of hydrogen-bond acceptors (Lipinski definition) is 5. The first-order valence-corrected chi connectivity index (χ1v) is 31.8. The van der Waals surface area contributed by atoms with E-state index in [4.69, 9.17) is 4.74 Å². The summed E-state index contributed by atoms with van der Waals surface area (Å²) in [6, 6.07) is -0.549. The standard InChI is InChI=1S/C63H125NO5/c1-3-5-7-9-11-13-15-17-19-20-21-22-23-24-25-26-27-28-31-35-39-43-47-51-55-61(66)60(59-65)64-62(67)56-52-48-44-40-36-32-29-30-34-38-42-46-50-54-58-69-63(68)57-53-49-45-41-37-33-18-16-14-12-10-8-6-4-2/h60-61,65-66H,3-59H2,1-2H3,(H,64,67). The van der Waals surface area contributed by atoms with Crippen LogP contribution < -0.4 is 5.32 Å². The molecule has 0 aromatic heterocycles. The van der Waals surface area contributed by atoms with Crippen molar-refractivity contribution in [2.45, 2.75) is 379 Å². The lowest BCUT2D eigenvalue weighted by Gasteiger charge is -2.22. The molecular formula is C63H125NO5. The SMILES string of the molecule is CCCCCCCCCCCCCCCCCCCCCCCCCCC(O)C(CO)NC(=O)CCCCCCCCCCCCCCCCOC(=O)CCCCCCCCCCCCCCCC. The molecule has 0 bridgehead atoms. The number of amides is 1. The molecule has 6 nitrogen and oxygen atoms in total. The van der Waals surface area contributed by atoms with Crippen molar-refractivity contribution in [2.24, 2.45) is 0 Å². The summed E-state index contributed by atoms with van der Waals surface area (Å²) in [6.07, 6.45) is 69.7. The van der Waals surface area contributed by atoms with E-state index in [1.165, 1.54) is 283 Å². The van der Waals surface area contributed by atoms with Gasteiger partial charge in [-0.15, -0.1) is 0 Å². The topological polar surface area (TPSA) is 95.9 Å². The van der Waals surface area contributed by atoms with Crippen molar-refractivity contribution in [1.82, 2.24) is 5.32 Å². The summed E-state index contributed by atoms with van der Waals surface area (Å²) in [7, 11) is 0. The van der Waals surface area contributed by atoms with E-state index in [2.05, 4.69) is 19.2 Å². The second-order valence-electron chi connectivity index (χ2n) is 22.1. The molecule has 0 heterocycles. The fraction of sp³-hybridized carbons (Fsp3) is 0.968. The summed E-state index contributed by atoms with van der Waals surface area (Å²) in [5.74, 6) is -0.0383. The third-order valence-corrected chi connectivity index (χ3v) is 15.2. The number of unbranched alkanes of at least 4 members (excludes halogenated alkanes) is 49. The first-order valence-electron chi connectivity index (χ1n) is 31.8. The average molecular weight is 977 g/mol. The van der Waals surface area contributed by atoms with E-state index < -0.39 is 12.1 Å². The summed E-state index contributed by atoms with van der Waals surface area (Å²) in [4.78, 5) is 24.6. The molecule has 0 saturated carbocycles. The van der Waals surface area contributed by atoms with Crippen LogP contribution in [0.5, 0.6) is 0 Å². The van der Waals surface area contributed by atoms with Gasteiger partial charge in [0.2, 0.25) is 5.91 Å². The Bertz CT molecular complexity index is 990. The van der Waals surface area contributed by atoms with Gasteiger partial charge in [-0.2, -0.15) is 0 Å². The van der Waals surface area contributed by atoms with E-state index in [0.717, 1.165) is 51.4 Å². The van der Waals surface area contributed by atoms with Crippen LogP contribution in [0.3, 0.4) is 0 Å². The number of ether oxygens (including phenoxy) is 1. The molecule has 69 heavy (non-hydrogen) atoms. The molecule has 0 aliphatic carbocycles. The van der Waals surface area contributed by atoms with Crippen LogP contribution in [0.25, 0.3) is 0 Å². The predicted molar refractivity (Wildman–Crippen MR) is 301 cm³/mol. The fourth-order valence-corrected chi connectivity index (χ4v) is 10.3. The van der Waals surface area contributed by atoms with Crippen LogP contribution in [0.2, 0.25) is 0 Å². The Labute approximate surface area is 432 Å². The second kappa shape index (κ2) is 59.4. The van der Waals surface area contributed by atoms with Crippen LogP contribution in [0.15, 0.2) is 0 Å². The highest BCUT2D eigenvalue weighted by Gasteiger charge is 2.20. The minimum absolute atomic E-state index is 0.00180. The van der Waals surface area contributed by atoms with E-state index in [1.807, 2.05) is 0 Å². The minimum Gasteiger partial charge on any atom is -0.466 e. The van der Waals surface area contributed by atoms with Gasteiger partial charge in [-0.1, -0.05) is 328 Å². The smallest absolute Gasteiger partial charge is 0.305 e. The molecule has 412 valence electrons. The molecule has 1 amide bonds. The lowest BCUT2D eigenvalue weighted by Crippen LogP contribution is -2.45. The Morgan fingerprint density at radius 1 is 0.348 bits per heavy atom. The number of aliphatic hydroxyl groups excluding tert-OH is 2. The van der Waals surface area contributed by atoms with Crippen molar-refractivity contribution in [1.29, 1.82) is 0 Å². The van der Waals surface area contributed by atoms with Gasteiger partial charge in [0.1, 0.15) is 0 Å².